The number of rotatable bonds is 0. The standard InChI is InChI=1S/C8H11F3N2OS/c1-5-4-7(14,8(9,10)11)13(2)6(12-5)15-3/h4,14H,1-3H3. The van der Waals surface area contributed by atoms with Crippen LogP contribution in [0.3, 0.4) is 0 Å². The van der Waals surface area contributed by atoms with Crippen LogP contribution in [0.4, 0.5) is 13.2 Å². The van der Waals surface area contributed by atoms with Crippen molar-refractivity contribution < 1.29 is 18.3 Å². The monoisotopic (exact) mass is 240 g/mol. The molecule has 0 saturated heterocycles. The van der Waals surface area contributed by atoms with Crippen molar-refractivity contribution in [3.8, 4) is 0 Å². The average molecular weight is 240 g/mol. The van der Waals surface area contributed by atoms with Gasteiger partial charge in [0, 0.05) is 12.7 Å². The van der Waals surface area contributed by atoms with Crippen LogP contribution >= 0.6 is 11.8 Å². The smallest absolute Gasteiger partial charge is 0.360 e. The van der Waals surface area contributed by atoms with Gasteiger partial charge < -0.3 is 10.0 Å². The van der Waals surface area contributed by atoms with Gasteiger partial charge in [-0.2, -0.15) is 13.2 Å². The van der Waals surface area contributed by atoms with E-state index >= 15 is 0 Å². The van der Waals surface area contributed by atoms with Gasteiger partial charge in [-0.3, -0.25) is 0 Å². The molecule has 0 aromatic heterocycles. The van der Waals surface area contributed by atoms with Gasteiger partial charge in [-0.15, -0.1) is 0 Å². The first kappa shape index (κ1) is 12.4. The lowest BCUT2D eigenvalue weighted by molar-refractivity contribution is -0.276. The largest absolute Gasteiger partial charge is 0.440 e. The minimum atomic E-state index is -4.75. The summed E-state index contributed by atoms with van der Waals surface area (Å²) in [5.41, 5.74) is -2.81. The van der Waals surface area contributed by atoms with Gasteiger partial charge in [0.25, 0.3) is 5.72 Å². The number of halogens is 3. The maximum absolute atomic E-state index is 12.7. The Bertz CT molecular complexity index is 326. The van der Waals surface area contributed by atoms with Gasteiger partial charge in [-0.1, -0.05) is 11.8 Å². The minimum Gasteiger partial charge on any atom is -0.360 e. The maximum Gasteiger partial charge on any atom is 0.440 e. The zero-order valence-electron chi connectivity index (χ0n) is 8.46. The SMILES string of the molecule is CSC1=NC(C)=CC(O)(C(F)(F)F)N1C. The maximum atomic E-state index is 12.7. The Balaban J connectivity index is 3.19. The Morgan fingerprint density at radius 3 is 2.47 bits per heavy atom. The van der Waals surface area contributed by atoms with Crippen LogP contribution in [-0.2, 0) is 0 Å². The number of amidine groups is 1. The molecule has 0 aromatic carbocycles. The first-order valence-electron chi connectivity index (χ1n) is 4.07. The number of hydrogen-bond donors (Lipinski definition) is 1. The van der Waals surface area contributed by atoms with E-state index in [2.05, 4.69) is 4.99 Å². The van der Waals surface area contributed by atoms with Crippen molar-refractivity contribution in [1.29, 1.82) is 0 Å². The van der Waals surface area contributed by atoms with Gasteiger partial charge in [0.2, 0.25) is 0 Å². The van der Waals surface area contributed by atoms with Crippen LogP contribution in [-0.4, -0.2) is 40.4 Å². The molecule has 1 aliphatic rings. The molecule has 15 heavy (non-hydrogen) atoms. The quantitative estimate of drug-likeness (QED) is 0.701. The van der Waals surface area contributed by atoms with Crippen molar-refractivity contribution in [2.45, 2.75) is 18.8 Å². The van der Waals surface area contributed by atoms with E-state index in [0.717, 1.165) is 18.8 Å². The number of hydrogen-bond acceptors (Lipinski definition) is 4. The van der Waals surface area contributed by atoms with Crippen LogP contribution in [0.1, 0.15) is 6.92 Å². The third kappa shape index (κ3) is 1.98. The van der Waals surface area contributed by atoms with E-state index < -0.39 is 11.9 Å². The molecule has 1 unspecified atom stereocenters. The first-order chi connectivity index (χ1) is 6.72. The number of alkyl halides is 3. The van der Waals surface area contributed by atoms with Crippen molar-refractivity contribution in [2.24, 2.45) is 4.99 Å². The third-order valence-corrected chi connectivity index (χ3v) is 2.81. The van der Waals surface area contributed by atoms with Crippen molar-refractivity contribution in [3.63, 3.8) is 0 Å². The normalized spacial score (nSPS) is 27.5. The summed E-state index contributed by atoms with van der Waals surface area (Å²) in [6.45, 7) is 1.42. The van der Waals surface area contributed by atoms with E-state index in [9.17, 15) is 18.3 Å². The molecule has 0 aromatic rings. The Hall–Kier alpha value is -0.690. The molecule has 0 fully saturated rings. The predicted octanol–water partition coefficient (Wildman–Crippen LogP) is 1.81. The van der Waals surface area contributed by atoms with Crippen LogP contribution < -0.4 is 0 Å². The number of aliphatic hydroxyl groups is 1. The fourth-order valence-electron chi connectivity index (χ4n) is 1.25. The lowest BCUT2D eigenvalue weighted by atomic mass is 10.1. The lowest BCUT2D eigenvalue weighted by Crippen LogP contribution is -2.58. The highest BCUT2D eigenvalue weighted by Crippen LogP contribution is 2.38. The van der Waals surface area contributed by atoms with Gasteiger partial charge in [0.1, 0.15) is 0 Å². The lowest BCUT2D eigenvalue weighted by Gasteiger charge is -2.39. The van der Waals surface area contributed by atoms with E-state index in [1.807, 2.05) is 0 Å². The molecule has 1 rings (SSSR count). The summed E-state index contributed by atoms with van der Waals surface area (Å²) in [5, 5.41) is 9.71. The zero-order chi connectivity index (χ0) is 11.9. The molecule has 86 valence electrons. The first-order valence-corrected chi connectivity index (χ1v) is 5.30. The Morgan fingerprint density at radius 1 is 1.53 bits per heavy atom. The highest BCUT2D eigenvalue weighted by molar-refractivity contribution is 8.13. The molecular weight excluding hydrogens is 229 g/mol. The molecule has 0 radical (unpaired) electrons. The average Bonchev–Trinajstić information content (AvgIpc) is 2.09. The van der Waals surface area contributed by atoms with Crippen LogP contribution in [0.25, 0.3) is 0 Å². The van der Waals surface area contributed by atoms with Crippen LogP contribution in [0.15, 0.2) is 16.8 Å². The Labute approximate surface area is 89.7 Å². The molecule has 1 aliphatic heterocycles. The summed E-state index contributed by atoms with van der Waals surface area (Å²) in [5.74, 6) is 0. The highest BCUT2D eigenvalue weighted by atomic mass is 32.2. The second-order valence-corrected chi connectivity index (χ2v) is 3.94. The summed E-state index contributed by atoms with van der Waals surface area (Å²) in [6, 6.07) is 0. The third-order valence-electron chi connectivity index (χ3n) is 2.08. The molecular formula is C8H11F3N2OS. The minimum absolute atomic E-state index is 0.134. The summed E-state index contributed by atoms with van der Waals surface area (Å²) in [7, 11) is 1.16. The number of aliphatic imine (C=N–C) groups is 1. The molecule has 1 N–H and O–H groups in total. The van der Waals surface area contributed by atoms with E-state index in [1.54, 1.807) is 6.26 Å². The van der Waals surface area contributed by atoms with Crippen molar-refractivity contribution in [1.82, 2.24) is 4.90 Å². The van der Waals surface area contributed by atoms with Crippen molar-refractivity contribution >= 4 is 16.9 Å². The van der Waals surface area contributed by atoms with Crippen LogP contribution in [0.5, 0.6) is 0 Å². The number of allylic oxidation sites excluding steroid dienone is 1. The summed E-state index contributed by atoms with van der Waals surface area (Å²) >= 11 is 1.05. The number of nitrogens with zero attached hydrogens (tertiary/aromatic N) is 2. The Kier molecular flexibility index (Phi) is 3.06. The topological polar surface area (TPSA) is 35.8 Å². The number of thioether (sulfide) groups is 1. The van der Waals surface area contributed by atoms with Gasteiger partial charge >= 0.3 is 6.18 Å². The van der Waals surface area contributed by atoms with E-state index in [-0.39, 0.29) is 10.9 Å². The zero-order valence-corrected chi connectivity index (χ0v) is 9.28. The molecule has 1 atom stereocenters. The predicted molar refractivity (Wildman–Crippen MR) is 53.5 cm³/mol. The molecule has 1 heterocycles. The molecule has 0 spiro atoms. The molecule has 0 amide bonds. The molecule has 0 bridgehead atoms. The molecule has 7 heteroatoms. The van der Waals surface area contributed by atoms with E-state index in [0.29, 0.717) is 11.0 Å². The van der Waals surface area contributed by atoms with Crippen LogP contribution in [0, 0.1) is 0 Å². The summed E-state index contributed by atoms with van der Waals surface area (Å²) in [4.78, 5) is 4.61. The summed E-state index contributed by atoms with van der Waals surface area (Å²) in [6.07, 6.45) is -2.45. The van der Waals surface area contributed by atoms with Gasteiger partial charge in [-0.05, 0) is 19.3 Å². The van der Waals surface area contributed by atoms with Gasteiger partial charge in [0.05, 0.1) is 0 Å². The molecule has 3 nitrogen and oxygen atoms in total. The van der Waals surface area contributed by atoms with Gasteiger partial charge in [-0.25, -0.2) is 4.99 Å². The van der Waals surface area contributed by atoms with Gasteiger partial charge in [0.15, 0.2) is 5.17 Å². The number of likely N-dealkylation sites (N-methyl/N-ethyl adjacent to an activating group) is 1. The fourth-order valence-corrected chi connectivity index (χ4v) is 1.89. The molecule has 0 aliphatic carbocycles. The van der Waals surface area contributed by atoms with Crippen molar-refractivity contribution in [2.75, 3.05) is 13.3 Å². The Morgan fingerprint density at radius 2 is 2.07 bits per heavy atom. The highest BCUT2D eigenvalue weighted by Gasteiger charge is 2.57. The van der Waals surface area contributed by atoms with Crippen molar-refractivity contribution in [3.05, 3.63) is 11.8 Å². The second-order valence-electron chi connectivity index (χ2n) is 3.17. The van der Waals surface area contributed by atoms with Crippen LogP contribution in [0.2, 0.25) is 0 Å². The second kappa shape index (κ2) is 3.71. The van der Waals surface area contributed by atoms with E-state index in [4.69, 9.17) is 0 Å². The fraction of sp³-hybridized carbons (Fsp3) is 0.625. The summed E-state index contributed by atoms with van der Waals surface area (Å²) < 4.78 is 38.0. The molecule has 0 saturated carbocycles. The van der Waals surface area contributed by atoms with E-state index in [1.165, 1.54) is 6.92 Å².